The van der Waals surface area contributed by atoms with Gasteiger partial charge in [-0.1, -0.05) is 38.7 Å². The van der Waals surface area contributed by atoms with Crippen LogP contribution in [0.3, 0.4) is 0 Å². The van der Waals surface area contributed by atoms with Crippen LogP contribution in [-0.4, -0.2) is 23.1 Å². The molecule has 3 atom stereocenters. The van der Waals surface area contributed by atoms with Crippen LogP contribution in [-0.2, 0) is 23.9 Å². The Hall–Kier alpha value is -2.43. The number of allylic oxidation sites excluding steroid dienone is 4. The number of Topliss-reactive ketones (excluding diaryl/α,β-unsaturated/α-hetero) is 1. The molecule has 1 aliphatic carbocycles. The van der Waals surface area contributed by atoms with Crippen molar-refractivity contribution in [3.8, 4) is 0 Å². The number of esters is 1. The largest absolute Gasteiger partial charge is 0.465 e. The number of rotatable bonds is 8. The summed E-state index contributed by atoms with van der Waals surface area (Å²) in [6.07, 6.45) is 13.9. The van der Waals surface area contributed by atoms with Crippen molar-refractivity contribution in [2.45, 2.75) is 64.9 Å². The second-order valence-electron chi connectivity index (χ2n) is 7.82. The fourth-order valence-electron chi connectivity index (χ4n) is 4.23. The summed E-state index contributed by atoms with van der Waals surface area (Å²) in [4.78, 5) is 38.3. The highest BCUT2D eigenvalue weighted by molar-refractivity contribution is 6.09. The molecule has 3 aliphatic rings. The number of unbranched alkanes of at least 4 members (excludes halogenated alkanes) is 4. The van der Waals surface area contributed by atoms with E-state index in [9.17, 15) is 14.4 Å². The summed E-state index contributed by atoms with van der Waals surface area (Å²) in [6.45, 7) is 5.62. The van der Waals surface area contributed by atoms with Crippen molar-refractivity contribution >= 4 is 17.5 Å². The first-order chi connectivity index (χ1) is 13.4. The van der Waals surface area contributed by atoms with Gasteiger partial charge in [0.05, 0.1) is 12.2 Å². The van der Waals surface area contributed by atoms with Crippen LogP contribution in [0.2, 0.25) is 0 Å². The molecule has 28 heavy (non-hydrogen) atoms. The van der Waals surface area contributed by atoms with Crippen molar-refractivity contribution in [3.63, 3.8) is 0 Å². The predicted octanol–water partition coefficient (Wildman–Crippen LogP) is 4.35. The fraction of sp³-hybridized carbons (Fsp3) is 0.522. The topological polar surface area (TPSA) is 69.7 Å². The second-order valence-corrected chi connectivity index (χ2v) is 7.82. The standard InChI is InChI=1S/C23H28O5/c1-4-6-7-8-9-11-18(24)20-21-17-14-27-16(10-5-2)12-15(17)13-19(25)23(21,3)28-22(20)26/h5,10,12-14,20-21H,4,6-9,11H2,1-3H3. The van der Waals surface area contributed by atoms with Crippen LogP contribution in [0.25, 0.3) is 0 Å². The third kappa shape index (κ3) is 3.62. The number of ether oxygens (including phenoxy) is 2. The molecule has 1 saturated heterocycles. The zero-order valence-corrected chi connectivity index (χ0v) is 16.8. The van der Waals surface area contributed by atoms with Gasteiger partial charge in [-0.2, -0.15) is 0 Å². The number of hydrogen-bond acceptors (Lipinski definition) is 5. The van der Waals surface area contributed by atoms with Crippen molar-refractivity contribution in [2.24, 2.45) is 11.8 Å². The highest BCUT2D eigenvalue weighted by Crippen LogP contribution is 2.50. The maximum atomic E-state index is 12.9. The van der Waals surface area contributed by atoms with E-state index >= 15 is 0 Å². The van der Waals surface area contributed by atoms with Gasteiger partial charge in [-0.25, -0.2) is 0 Å². The third-order valence-electron chi connectivity index (χ3n) is 5.76. The van der Waals surface area contributed by atoms with Gasteiger partial charge in [0.15, 0.2) is 11.4 Å². The van der Waals surface area contributed by atoms with E-state index < -0.39 is 23.4 Å². The predicted molar refractivity (Wildman–Crippen MR) is 105 cm³/mol. The van der Waals surface area contributed by atoms with Crippen LogP contribution in [0.4, 0.5) is 0 Å². The summed E-state index contributed by atoms with van der Waals surface area (Å²) in [5.41, 5.74) is 0.0287. The molecule has 3 rings (SSSR count). The van der Waals surface area contributed by atoms with Gasteiger partial charge in [0, 0.05) is 12.0 Å². The van der Waals surface area contributed by atoms with Crippen molar-refractivity contribution in [1.82, 2.24) is 0 Å². The Balaban J connectivity index is 1.83. The van der Waals surface area contributed by atoms with Gasteiger partial charge in [-0.05, 0) is 44.1 Å². The lowest BCUT2D eigenvalue weighted by Gasteiger charge is -2.35. The van der Waals surface area contributed by atoms with E-state index in [1.54, 1.807) is 25.3 Å². The van der Waals surface area contributed by atoms with Crippen LogP contribution < -0.4 is 0 Å². The average molecular weight is 384 g/mol. The Kier molecular flexibility index (Phi) is 6.01. The smallest absolute Gasteiger partial charge is 0.318 e. The first-order valence-electron chi connectivity index (χ1n) is 10.2. The summed E-state index contributed by atoms with van der Waals surface area (Å²) in [7, 11) is 0. The highest BCUT2D eigenvalue weighted by Gasteiger charge is 2.62. The molecule has 0 N–H and O–H groups in total. The molecular formula is C23H28O5. The zero-order chi connectivity index (χ0) is 20.3. The molecule has 2 aliphatic heterocycles. The zero-order valence-electron chi connectivity index (χ0n) is 16.8. The monoisotopic (exact) mass is 384 g/mol. The minimum absolute atomic E-state index is 0.145. The number of hydrogen-bond donors (Lipinski definition) is 0. The van der Waals surface area contributed by atoms with E-state index in [-0.39, 0.29) is 11.6 Å². The summed E-state index contributed by atoms with van der Waals surface area (Å²) in [5.74, 6) is -2.01. The molecule has 0 aromatic heterocycles. The van der Waals surface area contributed by atoms with E-state index in [0.29, 0.717) is 23.3 Å². The maximum absolute atomic E-state index is 12.9. The molecule has 150 valence electrons. The van der Waals surface area contributed by atoms with Crippen LogP contribution in [0.5, 0.6) is 0 Å². The van der Waals surface area contributed by atoms with Gasteiger partial charge in [-0.15, -0.1) is 0 Å². The van der Waals surface area contributed by atoms with E-state index in [4.69, 9.17) is 9.47 Å². The molecule has 5 heteroatoms. The number of fused-ring (bicyclic) bond motifs is 3. The van der Waals surface area contributed by atoms with Gasteiger partial charge in [0.2, 0.25) is 0 Å². The van der Waals surface area contributed by atoms with E-state index in [0.717, 1.165) is 32.1 Å². The number of ketones is 2. The van der Waals surface area contributed by atoms with Gasteiger partial charge in [0.1, 0.15) is 17.5 Å². The van der Waals surface area contributed by atoms with Gasteiger partial charge in [-0.3, -0.25) is 14.4 Å². The lowest BCUT2D eigenvalue weighted by molar-refractivity contribution is -0.156. The summed E-state index contributed by atoms with van der Waals surface area (Å²) in [5, 5.41) is 0. The summed E-state index contributed by atoms with van der Waals surface area (Å²) < 4.78 is 11.1. The van der Waals surface area contributed by atoms with Gasteiger partial charge < -0.3 is 9.47 Å². The lowest BCUT2D eigenvalue weighted by atomic mass is 9.67. The first-order valence-corrected chi connectivity index (χ1v) is 10.2. The van der Waals surface area contributed by atoms with Crippen LogP contribution in [0.15, 0.2) is 47.5 Å². The minimum Gasteiger partial charge on any atom is -0.465 e. The molecule has 2 heterocycles. The molecule has 0 amide bonds. The molecular weight excluding hydrogens is 356 g/mol. The fourth-order valence-corrected chi connectivity index (χ4v) is 4.23. The normalized spacial score (nSPS) is 28.8. The number of carbonyl (C=O) groups is 3. The Morgan fingerprint density at radius 3 is 2.64 bits per heavy atom. The molecule has 0 aromatic carbocycles. The highest BCUT2D eigenvalue weighted by atomic mass is 16.6. The maximum Gasteiger partial charge on any atom is 0.318 e. The van der Waals surface area contributed by atoms with Crippen LogP contribution in [0, 0.1) is 11.8 Å². The molecule has 0 spiro atoms. The molecule has 0 bridgehead atoms. The Labute approximate surface area is 166 Å². The Bertz CT molecular complexity index is 798. The molecule has 0 radical (unpaired) electrons. The van der Waals surface area contributed by atoms with Crippen molar-refractivity contribution in [3.05, 3.63) is 47.5 Å². The SMILES string of the molecule is CC=CC1=CC2=CC(=O)C3(C)OC(=O)C(C(=O)CCCCCCC)C3C2=CO1. The summed E-state index contributed by atoms with van der Waals surface area (Å²) in [6, 6.07) is 0. The number of carbonyl (C=O) groups excluding carboxylic acids is 3. The molecule has 1 fully saturated rings. The second kappa shape index (κ2) is 8.29. The Morgan fingerprint density at radius 2 is 1.93 bits per heavy atom. The quantitative estimate of drug-likeness (QED) is 0.354. The van der Waals surface area contributed by atoms with E-state index in [1.165, 1.54) is 6.08 Å². The van der Waals surface area contributed by atoms with Gasteiger partial charge >= 0.3 is 5.97 Å². The minimum atomic E-state index is -1.34. The van der Waals surface area contributed by atoms with Crippen molar-refractivity contribution in [1.29, 1.82) is 0 Å². The third-order valence-corrected chi connectivity index (χ3v) is 5.76. The first kappa shape index (κ1) is 20.3. The summed E-state index contributed by atoms with van der Waals surface area (Å²) >= 11 is 0. The lowest BCUT2D eigenvalue weighted by Crippen LogP contribution is -2.46. The van der Waals surface area contributed by atoms with E-state index in [2.05, 4.69) is 6.92 Å². The van der Waals surface area contributed by atoms with Crippen LogP contribution in [0.1, 0.15) is 59.3 Å². The Morgan fingerprint density at radius 1 is 1.18 bits per heavy atom. The average Bonchev–Trinajstić information content (AvgIpc) is 2.94. The molecule has 5 nitrogen and oxygen atoms in total. The molecule has 0 aromatic rings. The van der Waals surface area contributed by atoms with Gasteiger partial charge in [0.25, 0.3) is 0 Å². The van der Waals surface area contributed by atoms with Crippen molar-refractivity contribution < 1.29 is 23.9 Å². The van der Waals surface area contributed by atoms with Crippen LogP contribution >= 0.6 is 0 Å². The van der Waals surface area contributed by atoms with E-state index in [1.807, 2.05) is 13.0 Å². The molecule has 0 saturated carbocycles. The van der Waals surface area contributed by atoms with Crippen molar-refractivity contribution in [2.75, 3.05) is 0 Å². The molecule has 3 unspecified atom stereocenters.